The van der Waals surface area contributed by atoms with E-state index in [2.05, 4.69) is 16.7 Å². The third kappa shape index (κ3) is 1.03. The van der Waals surface area contributed by atoms with E-state index in [1.807, 2.05) is 24.3 Å². The molecule has 0 radical (unpaired) electrons. The zero-order chi connectivity index (χ0) is 8.67. The molecule has 2 heteroatoms. The third-order valence-corrected chi connectivity index (χ3v) is 2.28. The lowest BCUT2D eigenvalue weighted by atomic mass is 10.3. The Morgan fingerprint density at radius 1 is 1.08 bits per heavy atom. The lowest BCUT2D eigenvalue weighted by molar-refractivity contribution is 0.605. The Morgan fingerprint density at radius 3 is 3.00 bits per heavy atom. The lowest BCUT2D eigenvalue weighted by Crippen LogP contribution is -1.74. The predicted octanol–water partition coefficient (Wildman–Crippen LogP) is 2.72. The average Bonchev–Trinajstić information content (AvgIpc) is 2.88. The van der Waals surface area contributed by atoms with Crippen LogP contribution in [0.4, 0.5) is 0 Å². The molecule has 0 saturated carbocycles. The van der Waals surface area contributed by atoms with Gasteiger partial charge in [-0.25, -0.2) is 0 Å². The number of rotatable bonds is 0. The van der Waals surface area contributed by atoms with Gasteiger partial charge >= 0.3 is 0 Å². The van der Waals surface area contributed by atoms with Gasteiger partial charge in [0.1, 0.15) is 5.58 Å². The fourth-order valence-corrected chi connectivity index (χ4v) is 1.55. The van der Waals surface area contributed by atoms with Gasteiger partial charge in [0.05, 0.1) is 18.3 Å². The molecule has 64 valence electrons. The molecule has 3 rings (SSSR count). The van der Waals surface area contributed by atoms with Crippen LogP contribution >= 0.6 is 0 Å². The largest absolute Gasteiger partial charge is 0.463 e. The van der Waals surface area contributed by atoms with E-state index in [1.54, 1.807) is 6.26 Å². The van der Waals surface area contributed by atoms with Crippen LogP contribution in [0, 0.1) is 0 Å². The van der Waals surface area contributed by atoms with Crippen molar-refractivity contribution in [3.05, 3.63) is 48.4 Å². The van der Waals surface area contributed by atoms with Crippen molar-refractivity contribution in [3.63, 3.8) is 0 Å². The topological polar surface area (TPSA) is 18.1 Å². The summed E-state index contributed by atoms with van der Waals surface area (Å²) >= 11 is 0. The van der Waals surface area contributed by atoms with Gasteiger partial charge in [0, 0.05) is 5.69 Å². The molecule has 0 saturated heterocycles. The molecule has 2 aromatic rings. The second-order valence-corrected chi connectivity index (χ2v) is 3.16. The smallest absolute Gasteiger partial charge is 0.150 e. The highest BCUT2D eigenvalue weighted by molar-refractivity contribution is 5.73. The summed E-state index contributed by atoms with van der Waals surface area (Å²) in [5, 5.41) is 0. The molecular formula is C11H9NO. The maximum absolute atomic E-state index is 5.46. The summed E-state index contributed by atoms with van der Waals surface area (Å²) in [5.41, 5.74) is 3.45. The van der Waals surface area contributed by atoms with Crippen molar-refractivity contribution in [2.24, 2.45) is 0 Å². The van der Waals surface area contributed by atoms with Crippen molar-refractivity contribution in [3.8, 4) is 0 Å². The van der Waals surface area contributed by atoms with E-state index < -0.39 is 0 Å². The maximum Gasteiger partial charge on any atom is 0.150 e. The Hall–Kier alpha value is -1.70. The highest BCUT2D eigenvalue weighted by Gasteiger charge is 2.14. The Balaban J connectivity index is 2.51. The molecule has 2 nitrogen and oxygen atoms in total. The number of hydrogen-bond acceptors (Lipinski definition) is 1. The number of aromatic nitrogens is 1. The average molecular weight is 171 g/mol. The van der Waals surface area contributed by atoms with Crippen molar-refractivity contribution in [1.29, 1.82) is 0 Å². The Bertz CT molecular complexity index is 506. The summed E-state index contributed by atoms with van der Waals surface area (Å²) in [6, 6.07) is 12.1. The van der Waals surface area contributed by atoms with Crippen LogP contribution in [0.5, 0.6) is 0 Å². The molecule has 0 bridgehead atoms. The van der Waals surface area contributed by atoms with E-state index in [9.17, 15) is 0 Å². The highest BCUT2D eigenvalue weighted by Crippen LogP contribution is 2.22. The van der Waals surface area contributed by atoms with Crippen LogP contribution in [0.2, 0.25) is 0 Å². The second-order valence-electron chi connectivity index (χ2n) is 3.16. The molecule has 2 heterocycles. The zero-order valence-corrected chi connectivity index (χ0v) is 7.10. The fourth-order valence-electron chi connectivity index (χ4n) is 1.55. The van der Waals surface area contributed by atoms with E-state index in [4.69, 9.17) is 4.42 Å². The molecule has 1 aromatic heterocycles. The summed E-state index contributed by atoms with van der Waals surface area (Å²) in [7, 11) is 0. The van der Waals surface area contributed by atoms with Crippen molar-refractivity contribution in [2.75, 3.05) is 0 Å². The van der Waals surface area contributed by atoms with Crippen LogP contribution < -0.4 is 0 Å². The predicted molar refractivity (Wildman–Crippen MR) is 50.9 cm³/mol. The number of fused-ring (bicyclic) bond motifs is 3. The van der Waals surface area contributed by atoms with E-state index in [0.717, 1.165) is 17.6 Å². The molecule has 13 heavy (non-hydrogen) atoms. The van der Waals surface area contributed by atoms with Gasteiger partial charge in [-0.3, -0.25) is 0 Å². The van der Waals surface area contributed by atoms with Crippen molar-refractivity contribution < 1.29 is 4.42 Å². The number of nitrogens with zero attached hydrogens (tertiary/aromatic N) is 1. The molecule has 0 atom stereocenters. The van der Waals surface area contributed by atoms with Gasteiger partial charge in [-0.1, -0.05) is 12.1 Å². The molecule has 0 amide bonds. The molecule has 0 aliphatic carbocycles. The first-order valence-corrected chi connectivity index (χ1v) is 4.34. The summed E-state index contributed by atoms with van der Waals surface area (Å²) < 4.78 is 7.69. The van der Waals surface area contributed by atoms with Crippen molar-refractivity contribution >= 4 is 11.1 Å². The molecule has 0 spiro atoms. The lowest BCUT2D eigenvalue weighted by Gasteiger charge is -1.92. The Kier molecular flexibility index (Phi) is 1.25. The van der Waals surface area contributed by atoms with Crippen LogP contribution in [0.25, 0.3) is 11.1 Å². The van der Waals surface area contributed by atoms with E-state index in [0.29, 0.717) is 0 Å². The molecule has 0 N–H and O–H groups in total. The first-order valence-electron chi connectivity index (χ1n) is 4.34. The minimum absolute atomic E-state index is 0.932. The van der Waals surface area contributed by atoms with Crippen molar-refractivity contribution in [2.45, 2.75) is 6.54 Å². The molecule has 1 aliphatic heterocycles. The Morgan fingerprint density at radius 2 is 2.00 bits per heavy atom. The molecule has 0 unspecified atom stereocenters. The minimum Gasteiger partial charge on any atom is -0.463 e. The van der Waals surface area contributed by atoms with Gasteiger partial charge in [0.25, 0.3) is 0 Å². The minimum atomic E-state index is 0.932. The second kappa shape index (κ2) is 2.39. The zero-order valence-electron chi connectivity index (χ0n) is 7.10. The quantitative estimate of drug-likeness (QED) is 0.508. The van der Waals surface area contributed by atoms with Gasteiger partial charge in [0.2, 0.25) is 0 Å². The van der Waals surface area contributed by atoms with Crippen molar-refractivity contribution in [1.82, 2.24) is 4.57 Å². The fraction of sp³-hybridized carbons (Fsp3) is 0.0909. The number of hydrogen-bond donors (Lipinski definition) is 0. The Labute approximate surface area is 75.7 Å². The number of benzene rings is 1. The molecular weight excluding hydrogens is 162 g/mol. The first-order chi connectivity index (χ1) is 6.45. The highest BCUT2D eigenvalue weighted by atomic mass is 16.3. The van der Waals surface area contributed by atoms with Crippen LogP contribution in [0.15, 0.2) is 47.1 Å². The monoisotopic (exact) mass is 171 g/mol. The van der Waals surface area contributed by atoms with E-state index >= 15 is 0 Å². The van der Waals surface area contributed by atoms with Crippen LogP contribution in [0.1, 0.15) is 5.69 Å². The van der Waals surface area contributed by atoms with Gasteiger partial charge in [0.15, 0.2) is 0 Å². The summed E-state index contributed by atoms with van der Waals surface area (Å²) in [5.74, 6) is 0. The standard InChI is InChI=1S/C11H9NO/c1-2-6-11-10(5-1)12-8-9(12)4-3-7-13-11/h1-7H,8H2. The van der Waals surface area contributed by atoms with Crippen LogP contribution in [0.3, 0.4) is 0 Å². The van der Waals surface area contributed by atoms with Gasteiger partial charge in [-0.2, -0.15) is 0 Å². The third-order valence-electron chi connectivity index (χ3n) is 2.28. The van der Waals surface area contributed by atoms with Gasteiger partial charge in [-0.05, 0) is 24.3 Å². The van der Waals surface area contributed by atoms with E-state index in [1.165, 1.54) is 5.69 Å². The SMILES string of the molecule is c1coc2ccccc2n2c(c1)C2. The maximum atomic E-state index is 5.46. The van der Waals surface area contributed by atoms with Crippen LogP contribution in [-0.4, -0.2) is 4.57 Å². The van der Waals surface area contributed by atoms with Gasteiger partial charge in [-0.15, -0.1) is 0 Å². The van der Waals surface area contributed by atoms with E-state index in [-0.39, 0.29) is 0 Å². The summed E-state index contributed by atoms with van der Waals surface area (Å²) in [6.45, 7) is 1.03. The molecule has 1 aliphatic rings. The van der Waals surface area contributed by atoms with Gasteiger partial charge < -0.3 is 8.98 Å². The molecule has 0 fully saturated rings. The normalized spacial score (nSPS) is 12.3. The van der Waals surface area contributed by atoms with Crippen LogP contribution in [-0.2, 0) is 6.54 Å². The first kappa shape index (κ1) is 6.78. The summed E-state index contributed by atoms with van der Waals surface area (Å²) in [6.07, 6.45) is 1.72. The summed E-state index contributed by atoms with van der Waals surface area (Å²) in [4.78, 5) is 0. The number of para-hydroxylation sites is 2. The molecule has 1 aromatic carbocycles.